The molecule has 0 saturated heterocycles. The zero-order valence-corrected chi connectivity index (χ0v) is 14.8. The summed E-state index contributed by atoms with van der Waals surface area (Å²) in [5, 5.41) is 18.1. The maximum Gasteiger partial charge on any atom is 0.294 e. The van der Waals surface area contributed by atoms with E-state index in [-0.39, 0.29) is 22.2 Å². The highest BCUT2D eigenvalue weighted by Gasteiger charge is 2.19. The van der Waals surface area contributed by atoms with Crippen molar-refractivity contribution in [3.8, 4) is 0 Å². The number of nitro groups is 1. The maximum atomic E-state index is 12.3. The van der Waals surface area contributed by atoms with Gasteiger partial charge < -0.3 is 9.73 Å². The van der Waals surface area contributed by atoms with E-state index >= 15 is 0 Å². The Morgan fingerprint density at radius 2 is 2.08 bits per heavy atom. The minimum atomic E-state index is -0.613. The number of furan rings is 1. The van der Waals surface area contributed by atoms with Crippen molar-refractivity contribution >= 4 is 28.9 Å². The van der Waals surface area contributed by atoms with Gasteiger partial charge in [-0.3, -0.25) is 19.6 Å². The van der Waals surface area contributed by atoms with Crippen molar-refractivity contribution in [3.63, 3.8) is 0 Å². The van der Waals surface area contributed by atoms with E-state index in [1.54, 1.807) is 10.7 Å². The summed E-state index contributed by atoms with van der Waals surface area (Å²) in [6, 6.07) is 9.13. The van der Waals surface area contributed by atoms with Crippen molar-refractivity contribution in [2.75, 3.05) is 5.32 Å². The summed E-state index contributed by atoms with van der Waals surface area (Å²) < 4.78 is 7.30. The number of aromatic nitrogens is 2. The van der Waals surface area contributed by atoms with Crippen LogP contribution in [0.1, 0.15) is 27.7 Å². The van der Waals surface area contributed by atoms with Gasteiger partial charge in [0.05, 0.1) is 17.2 Å². The van der Waals surface area contributed by atoms with Crippen LogP contribution in [0.4, 0.5) is 11.4 Å². The number of nitrogens with zero attached hydrogens (tertiary/aromatic N) is 3. The highest BCUT2D eigenvalue weighted by Crippen LogP contribution is 2.28. The number of nitrogens with one attached hydrogen (secondary N) is 1. The Labute approximate surface area is 153 Å². The maximum absolute atomic E-state index is 12.3. The highest BCUT2D eigenvalue weighted by molar-refractivity contribution is 6.31. The molecule has 1 N–H and O–H groups in total. The third-order valence-corrected chi connectivity index (χ3v) is 3.93. The number of hydrogen-bond acceptors (Lipinski definition) is 5. The average Bonchev–Trinajstić information content (AvgIpc) is 3.16. The van der Waals surface area contributed by atoms with Crippen molar-refractivity contribution < 1.29 is 14.1 Å². The minimum Gasteiger partial charge on any atom is -0.454 e. The molecule has 0 aliphatic rings. The summed E-state index contributed by atoms with van der Waals surface area (Å²) in [4.78, 5) is 22.8. The van der Waals surface area contributed by atoms with E-state index in [2.05, 4.69) is 10.4 Å². The van der Waals surface area contributed by atoms with Crippen LogP contribution >= 0.6 is 11.6 Å². The number of aryl methyl sites for hydroxylation is 2. The average molecular weight is 375 g/mol. The number of nitro benzene ring substituents is 1. The first kappa shape index (κ1) is 17.7. The lowest BCUT2D eigenvalue weighted by atomic mass is 10.2. The summed E-state index contributed by atoms with van der Waals surface area (Å²) in [7, 11) is 0. The standard InChI is InChI=1S/C17H15ClN4O4/c1-10-7-11(2)21(20-10)9-13-4-6-16(26-13)17(23)19-14-5-3-12(18)8-15(14)22(24)25/h3-8H,9H2,1-2H3,(H,19,23). The van der Waals surface area contributed by atoms with Crippen LogP contribution in [0.15, 0.2) is 40.8 Å². The van der Waals surface area contributed by atoms with Gasteiger partial charge in [0.25, 0.3) is 11.6 Å². The molecule has 1 aromatic carbocycles. The van der Waals surface area contributed by atoms with Crippen LogP contribution in [0.25, 0.3) is 0 Å². The van der Waals surface area contributed by atoms with Gasteiger partial charge in [0.2, 0.25) is 0 Å². The third kappa shape index (κ3) is 3.75. The molecule has 0 saturated carbocycles. The van der Waals surface area contributed by atoms with Crippen molar-refractivity contribution in [1.82, 2.24) is 9.78 Å². The molecule has 8 nitrogen and oxygen atoms in total. The topological polar surface area (TPSA) is 103 Å². The number of rotatable bonds is 5. The molecule has 0 unspecified atom stereocenters. The van der Waals surface area contributed by atoms with Gasteiger partial charge in [0.1, 0.15) is 11.4 Å². The molecule has 134 valence electrons. The fourth-order valence-electron chi connectivity index (χ4n) is 2.51. The molecule has 26 heavy (non-hydrogen) atoms. The van der Waals surface area contributed by atoms with E-state index in [1.807, 2.05) is 19.9 Å². The quantitative estimate of drug-likeness (QED) is 0.537. The first-order valence-corrected chi connectivity index (χ1v) is 8.06. The SMILES string of the molecule is Cc1cc(C)n(Cc2ccc(C(=O)Nc3ccc(Cl)cc3[N+](=O)[O-])o2)n1. The number of amides is 1. The Kier molecular flexibility index (Phi) is 4.77. The number of carbonyl (C=O) groups excluding carboxylic acids is 1. The molecule has 0 aliphatic carbocycles. The zero-order valence-electron chi connectivity index (χ0n) is 14.0. The van der Waals surface area contributed by atoms with Gasteiger partial charge >= 0.3 is 0 Å². The molecular weight excluding hydrogens is 360 g/mol. The highest BCUT2D eigenvalue weighted by atomic mass is 35.5. The van der Waals surface area contributed by atoms with E-state index in [0.29, 0.717) is 12.3 Å². The predicted octanol–water partition coefficient (Wildman–Crippen LogP) is 3.96. The largest absolute Gasteiger partial charge is 0.454 e. The van der Waals surface area contributed by atoms with Crippen LogP contribution in [0.5, 0.6) is 0 Å². The van der Waals surface area contributed by atoms with Crippen LogP contribution in [-0.4, -0.2) is 20.6 Å². The predicted molar refractivity (Wildman–Crippen MR) is 95.6 cm³/mol. The Hall–Kier alpha value is -3.13. The summed E-state index contributed by atoms with van der Waals surface area (Å²) in [6.45, 7) is 4.20. The van der Waals surface area contributed by atoms with Crippen LogP contribution in [0.2, 0.25) is 5.02 Å². The van der Waals surface area contributed by atoms with Gasteiger partial charge in [0, 0.05) is 16.8 Å². The Balaban J connectivity index is 1.77. The second kappa shape index (κ2) is 7.01. The van der Waals surface area contributed by atoms with E-state index in [9.17, 15) is 14.9 Å². The lowest BCUT2D eigenvalue weighted by Gasteiger charge is -2.05. The molecule has 0 aliphatic heterocycles. The fraction of sp³-hybridized carbons (Fsp3) is 0.176. The Morgan fingerprint density at radius 1 is 1.31 bits per heavy atom. The van der Waals surface area contributed by atoms with E-state index in [0.717, 1.165) is 11.4 Å². The molecule has 1 amide bonds. The molecule has 9 heteroatoms. The molecule has 3 rings (SSSR count). The normalized spacial score (nSPS) is 10.7. The van der Waals surface area contributed by atoms with E-state index in [1.165, 1.54) is 24.3 Å². The molecule has 0 spiro atoms. The first-order valence-electron chi connectivity index (χ1n) is 7.68. The molecule has 3 aromatic rings. The molecule has 0 fully saturated rings. The summed E-state index contributed by atoms with van der Waals surface area (Å²) in [5.74, 6) is 0.00720. The van der Waals surface area contributed by atoms with Gasteiger partial charge in [-0.1, -0.05) is 11.6 Å². The van der Waals surface area contributed by atoms with E-state index < -0.39 is 10.8 Å². The first-order chi connectivity index (χ1) is 12.3. The molecule has 2 heterocycles. The number of anilines is 1. The molecule has 0 radical (unpaired) electrons. The van der Waals surface area contributed by atoms with Crippen molar-refractivity contribution in [2.24, 2.45) is 0 Å². The summed E-state index contributed by atoms with van der Waals surface area (Å²) in [5.41, 5.74) is 1.62. The Bertz CT molecular complexity index is 993. The number of hydrogen-bond donors (Lipinski definition) is 1. The second-order valence-electron chi connectivity index (χ2n) is 5.72. The summed E-state index contributed by atoms with van der Waals surface area (Å²) >= 11 is 5.77. The Morgan fingerprint density at radius 3 is 2.73 bits per heavy atom. The van der Waals surface area contributed by atoms with Crippen LogP contribution in [0.3, 0.4) is 0 Å². The minimum absolute atomic E-state index is 0.0425. The van der Waals surface area contributed by atoms with Gasteiger partial charge in [-0.15, -0.1) is 0 Å². The fourth-order valence-corrected chi connectivity index (χ4v) is 2.68. The summed E-state index contributed by atoms with van der Waals surface area (Å²) in [6.07, 6.45) is 0. The van der Waals surface area contributed by atoms with Gasteiger partial charge in [-0.2, -0.15) is 5.10 Å². The molecular formula is C17H15ClN4O4. The monoisotopic (exact) mass is 374 g/mol. The van der Waals surface area contributed by atoms with Crippen molar-refractivity contribution in [1.29, 1.82) is 0 Å². The van der Waals surface area contributed by atoms with Gasteiger partial charge in [0.15, 0.2) is 5.76 Å². The van der Waals surface area contributed by atoms with Crippen LogP contribution in [-0.2, 0) is 6.54 Å². The number of carbonyl (C=O) groups is 1. The van der Waals surface area contributed by atoms with Crippen molar-refractivity contribution in [2.45, 2.75) is 20.4 Å². The van der Waals surface area contributed by atoms with Crippen molar-refractivity contribution in [3.05, 3.63) is 74.4 Å². The van der Waals surface area contributed by atoms with Gasteiger partial charge in [-0.05, 0) is 44.2 Å². The van der Waals surface area contributed by atoms with Gasteiger partial charge in [-0.25, -0.2) is 0 Å². The second-order valence-corrected chi connectivity index (χ2v) is 6.16. The molecule has 2 aromatic heterocycles. The molecule has 0 bridgehead atoms. The number of benzene rings is 1. The van der Waals surface area contributed by atoms with Crippen LogP contribution < -0.4 is 5.32 Å². The lowest BCUT2D eigenvalue weighted by Crippen LogP contribution is -2.12. The number of halogens is 1. The molecule has 0 atom stereocenters. The smallest absolute Gasteiger partial charge is 0.294 e. The lowest BCUT2D eigenvalue weighted by molar-refractivity contribution is -0.383. The van der Waals surface area contributed by atoms with E-state index in [4.69, 9.17) is 16.0 Å². The third-order valence-electron chi connectivity index (χ3n) is 3.70. The zero-order chi connectivity index (χ0) is 18.8. The van der Waals surface area contributed by atoms with Crippen LogP contribution in [0, 0.1) is 24.0 Å².